The maximum atomic E-state index is 13.1. The van der Waals surface area contributed by atoms with Gasteiger partial charge in [0.25, 0.3) is 5.91 Å². The zero-order valence-electron chi connectivity index (χ0n) is 17.8. The van der Waals surface area contributed by atoms with Crippen LogP contribution < -0.4 is 10.6 Å². The van der Waals surface area contributed by atoms with Crippen molar-refractivity contribution in [2.45, 2.75) is 45.6 Å². The fraction of sp³-hybridized carbons (Fsp3) is 0.348. The average molecular weight is 428 g/mol. The van der Waals surface area contributed by atoms with Crippen molar-refractivity contribution in [2.75, 3.05) is 11.9 Å². The molecule has 2 N–H and O–H groups in total. The molecule has 0 aliphatic carbocycles. The Balaban J connectivity index is 1.76. The van der Waals surface area contributed by atoms with Gasteiger partial charge in [-0.05, 0) is 54.2 Å². The van der Waals surface area contributed by atoms with Crippen molar-refractivity contribution in [2.24, 2.45) is 0 Å². The molecule has 1 unspecified atom stereocenters. The van der Waals surface area contributed by atoms with E-state index in [2.05, 4.69) is 31.4 Å². The van der Waals surface area contributed by atoms with Crippen molar-refractivity contribution in [3.63, 3.8) is 0 Å². The summed E-state index contributed by atoms with van der Waals surface area (Å²) in [6.45, 7) is 9.41. The standard InChI is InChI=1S/C23H26ClN3O3/c1-14-12-17(24)10-11-18(14)25-19(28)13-27-20(29)23(5,26-21(27)30)16-8-6-15(7-9-16)22(2,3)4/h6-12H,13H2,1-5H3,(H,25,28)(H,26,30). The van der Waals surface area contributed by atoms with Crippen molar-refractivity contribution in [3.8, 4) is 0 Å². The molecule has 1 aliphatic heterocycles. The first-order chi connectivity index (χ1) is 13.9. The van der Waals surface area contributed by atoms with Crippen LogP contribution >= 0.6 is 11.6 Å². The van der Waals surface area contributed by atoms with Crippen molar-refractivity contribution in [3.05, 3.63) is 64.2 Å². The van der Waals surface area contributed by atoms with Gasteiger partial charge < -0.3 is 10.6 Å². The van der Waals surface area contributed by atoms with E-state index in [0.717, 1.165) is 16.0 Å². The Kier molecular flexibility index (Phi) is 5.65. The molecule has 158 valence electrons. The Morgan fingerprint density at radius 3 is 2.33 bits per heavy atom. The molecule has 3 rings (SSSR count). The van der Waals surface area contributed by atoms with Gasteiger partial charge in [-0.25, -0.2) is 4.79 Å². The number of aryl methyl sites for hydroxylation is 1. The van der Waals surface area contributed by atoms with Crippen molar-refractivity contribution < 1.29 is 14.4 Å². The Morgan fingerprint density at radius 1 is 1.13 bits per heavy atom. The minimum atomic E-state index is -1.22. The van der Waals surface area contributed by atoms with E-state index in [-0.39, 0.29) is 12.0 Å². The monoisotopic (exact) mass is 427 g/mol. The minimum Gasteiger partial charge on any atom is -0.324 e. The van der Waals surface area contributed by atoms with Crippen LogP contribution in [-0.4, -0.2) is 29.3 Å². The third kappa shape index (κ3) is 4.19. The second-order valence-electron chi connectivity index (χ2n) is 8.78. The Hall–Kier alpha value is -2.86. The number of imide groups is 1. The van der Waals surface area contributed by atoms with Gasteiger partial charge in [-0.15, -0.1) is 0 Å². The minimum absolute atomic E-state index is 0.0215. The molecule has 2 aromatic carbocycles. The molecule has 0 aromatic heterocycles. The first-order valence-corrected chi connectivity index (χ1v) is 10.1. The quantitative estimate of drug-likeness (QED) is 0.712. The Morgan fingerprint density at radius 2 is 1.77 bits per heavy atom. The van der Waals surface area contributed by atoms with Gasteiger partial charge in [0, 0.05) is 10.7 Å². The third-order valence-corrected chi connectivity index (χ3v) is 5.60. The molecular formula is C23H26ClN3O3. The molecule has 7 heteroatoms. The highest BCUT2D eigenvalue weighted by molar-refractivity contribution is 6.30. The number of rotatable bonds is 4. The van der Waals surface area contributed by atoms with Gasteiger partial charge >= 0.3 is 6.03 Å². The van der Waals surface area contributed by atoms with E-state index in [1.165, 1.54) is 0 Å². The maximum Gasteiger partial charge on any atom is 0.325 e. The zero-order valence-corrected chi connectivity index (χ0v) is 18.6. The number of nitrogens with zero attached hydrogens (tertiary/aromatic N) is 1. The van der Waals surface area contributed by atoms with Gasteiger partial charge in [-0.2, -0.15) is 0 Å². The molecule has 1 fully saturated rings. The van der Waals surface area contributed by atoms with Gasteiger partial charge in [-0.1, -0.05) is 56.6 Å². The molecule has 30 heavy (non-hydrogen) atoms. The summed E-state index contributed by atoms with van der Waals surface area (Å²) in [5, 5.41) is 6.02. The number of nitrogens with one attached hydrogen (secondary N) is 2. The second-order valence-corrected chi connectivity index (χ2v) is 9.22. The van der Waals surface area contributed by atoms with Crippen LogP contribution in [0.4, 0.5) is 10.5 Å². The third-order valence-electron chi connectivity index (χ3n) is 5.37. The van der Waals surface area contributed by atoms with E-state index in [4.69, 9.17) is 11.6 Å². The highest BCUT2D eigenvalue weighted by Crippen LogP contribution is 2.31. The average Bonchev–Trinajstić information content (AvgIpc) is 2.87. The van der Waals surface area contributed by atoms with Gasteiger partial charge in [0.15, 0.2) is 0 Å². The maximum absolute atomic E-state index is 13.1. The molecule has 0 radical (unpaired) electrons. The summed E-state index contributed by atoms with van der Waals surface area (Å²) in [6, 6.07) is 12.1. The van der Waals surface area contributed by atoms with Crippen LogP contribution in [0.2, 0.25) is 5.02 Å². The second kappa shape index (κ2) is 7.76. The van der Waals surface area contributed by atoms with E-state index >= 15 is 0 Å². The van der Waals surface area contributed by atoms with Crippen LogP contribution in [0.3, 0.4) is 0 Å². The first-order valence-electron chi connectivity index (χ1n) is 9.73. The number of carbonyl (C=O) groups is 3. The number of anilines is 1. The van der Waals surface area contributed by atoms with Crippen LogP contribution in [0, 0.1) is 6.92 Å². The van der Waals surface area contributed by atoms with Gasteiger partial charge in [0.1, 0.15) is 12.1 Å². The van der Waals surface area contributed by atoms with Crippen molar-refractivity contribution >= 4 is 35.1 Å². The van der Waals surface area contributed by atoms with Crippen LogP contribution in [-0.2, 0) is 20.5 Å². The Labute approximate surface area is 181 Å². The fourth-order valence-electron chi connectivity index (χ4n) is 3.44. The summed E-state index contributed by atoms with van der Waals surface area (Å²) in [4.78, 5) is 39.0. The lowest BCUT2D eigenvalue weighted by Crippen LogP contribution is -2.42. The smallest absolute Gasteiger partial charge is 0.324 e. The van der Waals surface area contributed by atoms with Crippen molar-refractivity contribution in [1.82, 2.24) is 10.2 Å². The number of hydrogen-bond donors (Lipinski definition) is 2. The lowest BCUT2D eigenvalue weighted by Gasteiger charge is -2.24. The van der Waals surface area contributed by atoms with Crippen LogP contribution in [0.15, 0.2) is 42.5 Å². The lowest BCUT2D eigenvalue weighted by molar-refractivity contribution is -0.133. The van der Waals surface area contributed by atoms with Crippen molar-refractivity contribution in [1.29, 1.82) is 0 Å². The summed E-state index contributed by atoms with van der Waals surface area (Å²) >= 11 is 5.93. The lowest BCUT2D eigenvalue weighted by atomic mass is 9.84. The molecule has 2 aromatic rings. The number of hydrogen-bond acceptors (Lipinski definition) is 3. The molecule has 1 saturated heterocycles. The molecule has 0 saturated carbocycles. The first kappa shape index (κ1) is 21.8. The van der Waals surface area contributed by atoms with E-state index in [9.17, 15) is 14.4 Å². The van der Waals surface area contributed by atoms with Gasteiger partial charge in [0.2, 0.25) is 5.91 Å². The highest BCUT2D eigenvalue weighted by Gasteiger charge is 2.49. The Bertz CT molecular complexity index is 1010. The molecule has 6 nitrogen and oxygen atoms in total. The summed E-state index contributed by atoms with van der Waals surface area (Å²) in [7, 11) is 0. The summed E-state index contributed by atoms with van der Waals surface area (Å²) < 4.78 is 0. The molecule has 1 atom stereocenters. The predicted molar refractivity (Wildman–Crippen MR) is 118 cm³/mol. The largest absolute Gasteiger partial charge is 0.325 e. The van der Waals surface area contributed by atoms with E-state index in [1.807, 2.05) is 31.2 Å². The molecule has 0 bridgehead atoms. The molecule has 1 aliphatic rings. The zero-order chi connectivity index (χ0) is 22.3. The molecule has 0 spiro atoms. The number of benzene rings is 2. The fourth-order valence-corrected chi connectivity index (χ4v) is 3.67. The summed E-state index contributed by atoms with van der Waals surface area (Å²) in [5.74, 6) is -0.921. The molecule has 4 amide bonds. The predicted octanol–water partition coefficient (Wildman–Crippen LogP) is 4.35. The number of carbonyl (C=O) groups excluding carboxylic acids is 3. The van der Waals surface area contributed by atoms with Crippen LogP contribution in [0.25, 0.3) is 0 Å². The molecule has 1 heterocycles. The highest BCUT2D eigenvalue weighted by atomic mass is 35.5. The van der Waals surface area contributed by atoms with Crippen LogP contribution in [0.5, 0.6) is 0 Å². The van der Waals surface area contributed by atoms with Gasteiger partial charge in [0.05, 0.1) is 0 Å². The van der Waals surface area contributed by atoms with E-state index in [1.54, 1.807) is 25.1 Å². The SMILES string of the molecule is Cc1cc(Cl)ccc1NC(=O)CN1C(=O)NC(C)(c2ccc(C(C)(C)C)cc2)C1=O. The number of urea groups is 1. The van der Waals surface area contributed by atoms with E-state index in [0.29, 0.717) is 16.3 Å². The normalized spacial score (nSPS) is 19.1. The summed E-state index contributed by atoms with van der Waals surface area (Å²) in [5.41, 5.74) is 1.93. The van der Waals surface area contributed by atoms with Gasteiger partial charge in [-0.3, -0.25) is 14.5 Å². The van der Waals surface area contributed by atoms with Crippen LogP contribution in [0.1, 0.15) is 44.4 Å². The molecular weight excluding hydrogens is 402 g/mol. The van der Waals surface area contributed by atoms with E-state index < -0.39 is 23.4 Å². The summed E-state index contributed by atoms with van der Waals surface area (Å²) in [6.07, 6.45) is 0. The number of amides is 4. The number of halogens is 1. The topological polar surface area (TPSA) is 78.5 Å².